The molecule has 3 nitrogen and oxygen atoms in total. The molecule has 0 saturated carbocycles. The van der Waals surface area contributed by atoms with Gasteiger partial charge in [0.2, 0.25) is 0 Å². The molecule has 0 fully saturated rings. The number of allylic oxidation sites excluding steroid dienone is 1. The third-order valence-corrected chi connectivity index (χ3v) is 3.18. The molecule has 0 spiro atoms. The SMILES string of the molecule is C/C=C/CCNC(=NC)N1CCc2ccccc21.I. The van der Waals surface area contributed by atoms with E-state index in [1.165, 1.54) is 11.3 Å². The van der Waals surface area contributed by atoms with Gasteiger partial charge in [0.25, 0.3) is 0 Å². The monoisotopic (exact) mass is 371 g/mol. The van der Waals surface area contributed by atoms with Gasteiger partial charge in [0, 0.05) is 25.8 Å². The first kappa shape index (κ1) is 16.0. The molecular weight excluding hydrogens is 349 g/mol. The topological polar surface area (TPSA) is 27.6 Å². The van der Waals surface area contributed by atoms with E-state index in [1.807, 2.05) is 14.0 Å². The lowest BCUT2D eigenvalue weighted by molar-refractivity contribution is 0.853. The van der Waals surface area contributed by atoms with Crippen LogP contribution in [-0.4, -0.2) is 26.1 Å². The maximum atomic E-state index is 4.37. The lowest BCUT2D eigenvalue weighted by atomic mass is 10.2. The van der Waals surface area contributed by atoms with Crippen LogP contribution in [0.3, 0.4) is 0 Å². The van der Waals surface area contributed by atoms with Crippen LogP contribution in [0.2, 0.25) is 0 Å². The van der Waals surface area contributed by atoms with Crippen molar-refractivity contribution in [2.75, 3.05) is 25.0 Å². The van der Waals surface area contributed by atoms with Crippen molar-refractivity contribution in [3.63, 3.8) is 0 Å². The average Bonchev–Trinajstić information content (AvgIpc) is 2.83. The Balaban J connectivity index is 0.00000180. The van der Waals surface area contributed by atoms with E-state index in [9.17, 15) is 0 Å². The van der Waals surface area contributed by atoms with E-state index in [2.05, 4.69) is 51.6 Å². The van der Waals surface area contributed by atoms with E-state index < -0.39 is 0 Å². The fourth-order valence-electron chi connectivity index (χ4n) is 2.29. The Morgan fingerprint density at radius 2 is 2.21 bits per heavy atom. The number of aliphatic imine (C=N–C) groups is 1. The molecule has 1 N–H and O–H groups in total. The number of benzene rings is 1. The van der Waals surface area contributed by atoms with Gasteiger partial charge in [0.1, 0.15) is 0 Å². The molecule has 0 amide bonds. The standard InChI is InChI=1S/C15H21N3.HI/c1-3-4-7-11-17-15(16-2)18-12-10-13-8-5-6-9-14(13)18;/h3-6,8-9H,7,10-12H2,1-2H3,(H,16,17);1H/b4-3+;. The molecule has 0 saturated heterocycles. The lowest BCUT2D eigenvalue weighted by Crippen LogP contribution is -2.40. The highest BCUT2D eigenvalue weighted by Gasteiger charge is 2.21. The number of hydrogen-bond donors (Lipinski definition) is 1. The van der Waals surface area contributed by atoms with Gasteiger partial charge in [-0.15, -0.1) is 24.0 Å². The molecule has 0 aromatic heterocycles. The van der Waals surface area contributed by atoms with Gasteiger partial charge in [-0.3, -0.25) is 4.99 Å². The van der Waals surface area contributed by atoms with Crippen molar-refractivity contribution >= 4 is 35.6 Å². The minimum absolute atomic E-state index is 0. The Labute approximate surface area is 132 Å². The maximum absolute atomic E-state index is 4.37. The van der Waals surface area contributed by atoms with Gasteiger partial charge < -0.3 is 10.2 Å². The van der Waals surface area contributed by atoms with Crippen molar-refractivity contribution in [2.45, 2.75) is 19.8 Å². The molecule has 104 valence electrons. The van der Waals surface area contributed by atoms with Crippen molar-refractivity contribution in [1.29, 1.82) is 0 Å². The predicted octanol–water partition coefficient (Wildman–Crippen LogP) is 3.21. The van der Waals surface area contributed by atoms with Crippen LogP contribution >= 0.6 is 24.0 Å². The average molecular weight is 371 g/mol. The number of para-hydroxylation sites is 1. The zero-order valence-corrected chi connectivity index (χ0v) is 13.9. The fourth-order valence-corrected chi connectivity index (χ4v) is 2.29. The van der Waals surface area contributed by atoms with Crippen LogP contribution in [-0.2, 0) is 6.42 Å². The van der Waals surface area contributed by atoms with Crippen molar-refractivity contribution in [2.24, 2.45) is 4.99 Å². The first-order valence-corrected chi connectivity index (χ1v) is 6.54. The zero-order chi connectivity index (χ0) is 12.8. The maximum Gasteiger partial charge on any atom is 0.198 e. The third kappa shape index (κ3) is 3.96. The van der Waals surface area contributed by atoms with Crippen LogP contribution in [0, 0.1) is 0 Å². The van der Waals surface area contributed by atoms with Gasteiger partial charge in [-0.2, -0.15) is 0 Å². The van der Waals surface area contributed by atoms with E-state index in [0.717, 1.165) is 31.9 Å². The summed E-state index contributed by atoms with van der Waals surface area (Å²) in [6.45, 7) is 3.99. The van der Waals surface area contributed by atoms with Gasteiger partial charge >= 0.3 is 0 Å². The molecule has 0 unspecified atom stereocenters. The number of halogens is 1. The first-order valence-electron chi connectivity index (χ1n) is 6.54. The molecule has 1 aromatic rings. The summed E-state index contributed by atoms with van der Waals surface area (Å²) in [6.07, 6.45) is 6.38. The minimum Gasteiger partial charge on any atom is -0.356 e. The molecule has 2 rings (SSSR count). The molecule has 19 heavy (non-hydrogen) atoms. The van der Waals surface area contributed by atoms with Crippen molar-refractivity contribution in [1.82, 2.24) is 5.32 Å². The fraction of sp³-hybridized carbons (Fsp3) is 0.400. The summed E-state index contributed by atoms with van der Waals surface area (Å²) >= 11 is 0. The Hall–Kier alpha value is -1.04. The molecule has 0 bridgehead atoms. The van der Waals surface area contributed by atoms with Crippen LogP contribution in [0.25, 0.3) is 0 Å². The van der Waals surface area contributed by atoms with Gasteiger partial charge in [-0.1, -0.05) is 30.4 Å². The Kier molecular flexibility index (Phi) is 6.91. The summed E-state index contributed by atoms with van der Waals surface area (Å²) in [4.78, 5) is 6.64. The molecular formula is C15H22IN3. The van der Waals surface area contributed by atoms with E-state index in [1.54, 1.807) is 0 Å². The van der Waals surface area contributed by atoms with Crippen LogP contribution in [0.5, 0.6) is 0 Å². The second-order valence-electron chi connectivity index (χ2n) is 4.36. The van der Waals surface area contributed by atoms with Crippen molar-refractivity contribution in [3.05, 3.63) is 42.0 Å². The number of rotatable bonds is 3. The molecule has 1 aromatic carbocycles. The second-order valence-corrected chi connectivity index (χ2v) is 4.36. The number of nitrogens with one attached hydrogen (secondary N) is 1. The Bertz CT molecular complexity index is 454. The predicted molar refractivity (Wildman–Crippen MR) is 93.7 cm³/mol. The Morgan fingerprint density at radius 1 is 1.42 bits per heavy atom. The number of nitrogens with zero attached hydrogens (tertiary/aromatic N) is 2. The summed E-state index contributed by atoms with van der Waals surface area (Å²) < 4.78 is 0. The van der Waals surface area contributed by atoms with Crippen molar-refractivity contribution < 1.29 is 0 Å². The smallest absolute Gasteiger partial charge is 0.198 e. The molecule has 1 aliphatic rings. The number of guanidine groups is 1. The van der Waals surface area contributed by atoms with E-state index in [-0.39, 0.29) is 24.0 Å². The molecule has 0 radical (unpaired) electrons. The molecule has 0 aliphatic carbocycles. The summed E-state index contributed by atoms with van der Waals surface area (Å²) in [5.74, 6) is 0.976. The third-order valence-electron chi connectivity index (χ3n) is 3.18. The van der Waals surface area contributed by atoms with Crippen LogP contribution in [0.15, 0.2) is 41.4 Å². The van der Waals surface area contributed by atoms with E-state index in [4.69, 9.17) is 0 Å². The Morgan fingerprint density at radius 3 is 2.95 bits per heavy atom. The quantitative estimate of drug-likeness (QED) is 0.291. The summed E-state index contributed by atoms with van der Waals surface area (Å²) in [5, 5.41) is 3.41. The van der Waals surface area contributed by atoms with Gasteiger partial charge in [-0.25, -0.2) is 0 Å². The zero-order valence-electron chi connectivity index (χ0n) is 11.6. The van der Waals surface area contributed by atoms with E-state index >= 15 is 0 Å². The molecule has 0 atom stereocenters. The largest absolute Gasteiger partial charge is 0.356 e. The number of anilines is 1. The van der Waals surface area contributed by atoms with Crippen LogP contribution < -0.4 is 10.2 Å². The molecule has 4 heteroatoms. The van der Waals surface area contributed by atoms with Crippen molar-refractivity contribution in [3.8, 4) is 0 Å². The highest BCUT2D eigenvalue weighted by molar-refractivity contribution is 14.0. The van der Waals surface area contributed by atoms with Crippen LogP contribution in [0.4, 0.5) is 5.69 Å². The summed E-state index contributed by atoms with van der Waals surface area (Å²) in [6, 6.07) is 8.55. The van der Waals surface area contributed by atoms with Gasteiger partial charge in [0.05, 0.1) is 0 Å². The number of fused-ring (bicyclic) bond motifs is 1. The molecule has 1 aliphatic heterocycles. The highest BCUT2D eigenvalue weighted by atomic mass is 127. The first-order chi connectivity index (χ1) is 8.86. The normalized spacial score (nSPS) is 14.4. The van der Waals surface area contributed by atoms with Gasteiger partial charge in [-0.05, 0) is 31.4 Å². The highest BCUT2D eigenvalue weighted by Crippen LogP contribution is 2.27. The second kappa shape index (κ2) is 8.19. The summed E-state index contributed by atoms with van der Waals surface area (Å²) in [7, 11) is 1.85. The minimum atomic E-state index is 0. The lowest BCUT2D eigenvalue weighted by Gasteiger charge is -2.22. The van der Waals surface area contributed by atoms with Gasteiger partial charge in [0.15, 0.2) is 5.96 Å². The number of hydrogen-bond acceptors (Lipinski definition) is 1. The van der Waals surface area contributed by atoms with E-state index in [0.29, 0.717) is 0 Å². The van der Waals surface area contributed by atoms with Crippen LogP contribution in [0.1, 0.15) is 18.9 Å². The summed E-state index contributed by atoms with van der Waals surface area (Å²) in [5.41, 5.74) is 2.70. The molecule has 1 heterocycles.